The predicted octanol–water partition coefficient (Wildman–Crippen LogP) is 3.12. The Balaban J connectivity index is 1.95. The van der Waals surface area contributed by atoms with Crippen molar-refractivity contribution >= 4 is 5.65 Å². The van der Waals surface area contributed by atoms with Gasteiger partial charge in [0.1, 0.15) is 11.6 Å². The Hall–Kier alpha value is -2.71. The molecule has 0 bridgehead atoms. The molecule has 0 aliphatic carbocycles. The second-order valence-corrected chi connectivity index (χ2v) is 6.38. The summed E-state index contributed by atoms with van der Waals surface area (Å²) < 4.78 is 7.62. The second kappa shape index (κ2) is 4.90. The first kappa shape index (κ1) is 13.9. The number of hydrogen-bond donors (Lipinski definition) is 0. The molecular formula is C18H16N4O. The maximum Gasteiger partial charge on any atom is 0.172 e. The van der Waals surface area contributed by atoms with Gasteiger partial charge in [-0.2, -0.15) is 10.4 Å². The standard InChI is InChI=1S/C18H16N4O/c1-18(2)8-13-14(9-19)17-21-15(12-6-4-3-5-7-12)10-20-22(17)16(13)11-23-18/h3-7,10H,8,11H2,1-2H3. The van der Waals surface area contributed by atoms with Crippen LogP contribution in [0.2, 0.25) is 0 Å². The largest absolute Gasteiger partial charge is 0.369 e. The first-order valence-corrected chi connectivity index (χ1v) is 7.58. The van der Waals surface area contributed by atoms with E-state index in [-0.39, 0.29) is 5.60 Å². The first-order chi connectivity index (χ1) is 11.1. The maximum atomic E-state index is 9.64. The molecule has 5 heteroatoms. The molecule has 0 atom stereocenters. The third kappa shape index (κ3) is 2.19. The van der Waals surface area contributed by atoms with Crippen LogP contribution in [0.25, 0.3) is 16.9 Å². The number of hydrogen-bond acceptors (Lipinski definition) is 4. The van der Waals surface area contributed by atoms with Crippen LogP contribution in [0.3, 0.4) is 0 Å². The summed E-state index contributed by atoms with van der Waals surface area (Å²) in [5.74, 6) is 0. The first-order valence-electron chi connectivity index (χ1n) is 7.58. The lowest BCUT2D eigenvalue weighted by molar-refractivity contribution is -0.0423. The predicted molar refractivity (Wildman–Crippen MR) is 85.7 cm³/mol. The van der Waals surface area contributed by atoms with Crippen molar-refractivity contribution in [3.05, 3.63) is 53.3 Å². The minimum Gasteiger partial charge on any atom is -0.369 e. The molecular weight excluding hydrogens is 288 g/mol. The Morgan fingerprint density at radius 2 is 2.04 bits per heavy atom. The van der Waals surface area contributed by atoms with Crippen LogP contribution in [0.5, 0.6) is 0 Å². The number of fused-ring (bicyclic) bond motifs is 3. The van der Waals surface area contributed by atoms with Gasteiger partial charge in [-0.15, -0.1) is 0 Å². The summed E-state index contributed by atoms with van der Waals surface area (Å²) in [5, 5.41) is 14.2. The Labute approximate surface area is 134 Å². The molecule has 0 spiro atoms. The van der Waals surface area contributed by atoms with Crippen LogP contribution < -0.4 is 0 Å². The normalized spacial score (nSPS) is 16.0. The Bertz CT molecular complexity index is 935. The van der Waals surface area contributed by atoms with E-state index < -0.39 is 0 Å². The summed E-state index contributed by atoms with van der Waals surface area (Å²) >= 11 is 0. The average molecular weight is 304 g/mol. The van der Waals surface area contributed by atoms with Gasteiger partial charge in [0.15, 0.2) is 5.65 Å². The Morgan fingerprint density at radius 3 is 2.78 bits per heavy atom. The molecule has 0 N–H and O–H groups in total. The van der Waals surface area contributed by atoms with Crippen LogP contribution in [0, 0.1) is 11.3 Å². The minimum absolute atomic E-state index is 0.272. The van der Waals surface area contributed by atoms with Gasteiger partial charge in [0.05, 0.1) is 29.8 Å². The van der Waals surface area contributed by atoms with E-state index in [1.165, 1.54) is 0 Å². The fraction of sp³-hybridized carbons (Fsp3) is 0.278. The molecule has 114 valence electrons. The van der Waals surface area contributed by atoms with Crippen LogP contribution in [0.15, 0.2) is 36.5 Å². The highest BCUT2D eigenvalue weighted by Gasteiger charge is 2.32. The number of benzene rings is 1. The monoisotopic (exact) mass is 304 g/mol. The summed E-state index contributed by atoms with van der Waals surface area (Å²) in [6.45, 7) is 4.52. The van der Waals surface area contributed by atoms with Crippen LogP contribution in [-0.4, -0.2) is 20.2 Å². The SMILES string of the molecule is CC1(C)Cc2c(C#N)c3nc(-c4ccccc4)cnn3c2CO1. The third-order valence-electron chi connectivity index (χ3n) is 4.24. The summed E-state index contributed by atoms with van der Waals surface area (Å²) in [7, 11) is 0. The molecule has 1 aromatic carbocycles. The molecule has 5 nitrogen and oxygen atoms in total. The fourth-order valence-corrected chi connectivity index (χ4v) is 3.07. The molecule has 23 heavy (non-hydrogen) atoms. The van der Waals surface area contributed by atoms with E-state index in [0.717, 1.165) is 22.5 Å². The fourth-order valence-electron chi connectivity index (χ4n) is 3.07. The molecule has 0 radical (unpaired) electrons. The highest BCUT2D eigenvalue weighted by atomic mass is 16.5. The van der Waals surface area contributed by atoms with E-state index in [1.807, 2.05) is 44.2 Å². The molecule has 1 aliphatic rings. The van der Waals surface area contributed by atoms with Crippen molar-refractivity contribution in [2.45, 2.75) is 32.5 Å². The number of nitriles is 1. The summed E-state index contributed by atoms with van der Waals surface area (Å²) in [5.41, 5.74) is 4.65. The van der Waals surface area contributed by atoms with Crippen LogP contribution in [0.4, 0.5) is 0 Å². The number of aromatic nitrogens is 3. The summed E-state index contributed by atoms with van der Waals surface area (Å²) in [6, 6.07) is 12.2. The summed E-state index contributed by atoms with van der Waals surface area (Å²) in [6.07, 6.45) is 2.43. The van der Waals surface area contributed by atoms with E-state index in [0.29, 0.717) is 24.2 Å². The zero-order valence-electron chi connectivity index (χ0n) is 13.1. The summed E-state index contributed by atoms with van der Waals surface area (Å²) in [4.78, 5) is 4.69. The van der Waals surface area contributed by atoms with Crippen LogP contribution in [-0.2, 0) is 17.8 Å². The van der Waals surface area contributed by atoms with E-state index in [1.54, 1.807) is 10.7 Å². The van der Waals surface area contributed by atoms with Crippen molar-refractivity contribution in [1.29, 1.82) is 5.26 Å². The zero-order chi connectivity index (χ0) is 16.0. The van der Waals surface area contributed by atoms with E-state index in [4.69, 9.17) is 9.72 Å². The molecule has 0 saturated heterocycles. The molecule has 2 aromatic heterocycles. The third-order valence-corrected chi connectivity index (χ3v) is 4.24. The minimum atomic E-state index is -0.272. The van der Waals surface area contributed by atoms with Gasteiger partial charge in [-0.1, -0.05) is 30.3 Å². The van der Waals surface area contributed by atoms with Crippen molar-refractivity contribution < 1.29 is 4.74 Å². The van der Waals surface area contributed by atoms with E-state index in [9.17, 15) is 5.26 Å². The Kier molecular flexibility index (Phi) is 2.97. The van der Waals surface area contributed by atoms with Gasteiger partial charge in [0.2, 0.25) is 0 Å². The van der Waals surface area contributed by atoms with Crippen molar-refractivity contribution in [1.82, 2.24) is 14.6 Å². The van der Waals surface area contributed by atoms with Gasteiger partial charge in [0.25, 0.3) is 0 Å². The zero-order valence-corrected chi connectivity index (χ0v) is 13.1. The molecule has 0 amide bonds. The number of nitrogens with zero attached hydrogens (tertiary/aromatic N) is 4. The van der Waals surface area contributed by atoms with E-state index in [2.05, 4.69) is 11.2 Å². The van der Waals surface area contributed by atoms with Gasteiger partial charge in [-0.05, 0) is 13.8 Å². The van der Waals surface area contributed by atoms with Gasteiger partial charge in [-0.25, -0.2) is 9.50 Å². The smallest absolute Gasteiger partial charge is 0.172 e. The molecule has 3 heterocycles. The lowest BCUT2D eigenvalue weighted by Crippen LogP contribution is -2.32. The lowest BCUT2D eigenvalue weighted by atomic mass is 9.93. The molecule has 0 unspecified atom stereocenters. The average Bonchev–Trinajstić information content (AvgIpc) is 2.86. The van der Waals surface area contributed by atoms with Gasteiger partial charge >= 0.3 is 0 Å². The highest BCUT2D eigenvalue weighted by Crippen LogP contribution is 2.33. The Morgan fingerprint density at radius 1 is 1.26 bits per heavy atom. The van der Waals surface area contributed by atoms with E-state index >= 15 is 0 Å². The van der Waals surface area contributed by atoms with Crippen molar-refractivity contribution in [3.63, 3.8) is 0 Å². The van der Waals surface area contributed by atoms with Gasteiger partial charge in [-0.3, -0.25) is 0 Å². The lowest BCUT2D eigenvalue weighted by Gasteiger charge is -2.30. The second-order valence-electron chi connectivity index (χ2n) is 6.38. The van der Waals surface area contributed by atoms with Crippen molar-refractivity contribution in [2.24, 2.45) is 0 Å². The highest BCUT2D eigenvalue weighted by molar-refractivity contribution is 5.67. The van der Waals surface area contributed by atoms with Gasteiger partial charge in [0, 0.05) is 17.5 Å². The molecule has 0 saturated carbocycles. The molecule has 1 aliphatic heterocycles. The van der Waals surface area contributed by atoms with Crippen molar-refractivity contribution in [2.75, 3.05) is 0 Å². The maximum absolute atomic E-state index is 9.64. The molecule has 0 fully saturated rings. The quantitative estimate of drug-likeness (QED) is 0.693. The molecule has 3 aromatic rings. The topological polar surface area (TPSA) is 63.2 Å². The van der Waals surface area contributed by atoms with Crippen LogP contribution in [0.1, 0.15) is 30.7 Å². The van der Waals surface area contributed by atoms with Crippen molar-refractivity contribution in [3.8, 4) is 17.3 Å². The number of rotatable bonds is 1. The number of ether oxygens (including phenoxy) is 1. The van der Waals surface area contributed by atoms with Crippen LogP contribution >= 0.6 is 0 Å². The van der Waals surface area contributed by atoms with Gasteiger partial charge < -0.3 is 4.74 Å². The molecule has 4 rings (SSSR count).